The van der Waals surface area contributed by atoms with Gasteiger partial charge in [-0.15, -0.1) is 0 Å². The number of aryl methyl sites for hydroxylation is 1. The second-order valence-electron chi connectivity index (χ2n) is 4.84. The third-order valence-electron chi connectivity index (χ3n) is 3.35. The monoisotopic (exact) mass is 223 g/mol. The first kappa shape index (κ1) is 11.0. The van der Waals surface area contributed by atoms with E-state index in [1.165, 1.54) is 24.0 Å². The van der Waals surface area contributed by atoms with Gasteiger partial charge in [-0.3, -0.25) is 0 Å². The second kappa shape index (κ2) is 4.15. The molecule has 0 radical (unpaired) electrons. The molecule has 1 saturated carbocycles. The van der Waals surface area contributed by atoms with E-state index in [1.807, 2.05) is 6.07 Å². The van der Waals surface area contributed by atoms with Crippen molar-refractivity contribution in [3.8, 4) is 0 Å². The van der Waals surface area contributed by atoms with Crippen molar-refractivity contribution in [3.63, 3.8) is 0 Å². The molecule has 0 bridgehead atoms. The summed E-state index contributed by atoms with van der Waals surface area (Å²) in [6.07, 6.45) is 5.72. The van der Waals surface area contributed by atoms with Gasteiger partial charge < -0.3 is 5.73 Å². The smallest absolute Gasteiger partial charge is 0.0441 e. The van der Waals surface area contributed by atoms with E-state index in [4.69, 9.17) is 17.3 Å². The minimum atomic E-state index is -0.00109. The molecule has 1 fully saturated rings. The molecule has 0 aliphatic heterocycles. The van der Waals surface area contributed by atoms with Crippen LogP contribution in [0.3, 0.4) is 0 Å². The maximum absolute atomic E-state index is 6.34. The van der Waals surface area contributed by atoms with Gasteiger partial charge in [0.15, 0.2) is 0 Å². The van der Waals surface area contributed by atoms with Gasteiger partial charge in [0.05, 0.1) is 0 Å². The van der Waals surface area contributed by atoms with Crippen LogP contribution in [0.25, 0.3) is 0 Å². The number of nitrogens with two attached hydrogens (primary N) is 1. The van der Waals surface area contributed by atoms with Crippen LogP contribution in [0, 0.1) is 6.92 Å². The molecule has 0 saturated heterocycles. The summed E-state index contributed by atoms with van der Waals surface area (Å²) in [5.74, 6) is 0. The van der Waals surface area contributed by atoms with E-state index in [0.29, 0.717) is 0 Å². The van der Waals surface area contributed by atoms with Crippen LogP contribution in [0.4, 0.5) is 0 Å². The lowest BCUT2D eigenvalue weighted by Crippen LogP contribution is -2.38. The average Bonchev–Trinajstić information content (AvgIpc) is 2.58. The molecule has 2 heteroatoms. The van der Waals surface area contributed by atoms with Crippen LogP contribution in [-0.2, 0) is 6.42 Å². The lowest BCUT2D eigenvalue weighted by molar-refractivity contribution is 0.436. The Labute approximate surface area is 96.6 Å². The van der Waals surface area contributed by atoms with Gasteiger partial charge in [-0.2, -0.15) is 0 Å². The topological polar surface area (TPSA) is 26.0 Å². The van der Waals surface area contributed by atoms with E-state index in [-0.39, 0.29) is 5.54 Å². The van der Waals surface area contributed by atoms with Gasteiger partial charge in [-0.25, -0.2) is 0 Å². The number of halogens is 1. The van der Waals surface area contributed by atoms with Crippen molar-refractivity contribution in [1.29, 1.82) is 0 Å². The minimum Gasteiger partial charge on any atom is -0.325 e. The Kier molecular flexibility index (Phi) is 3.03. The highest BCUT2D eigenvalue weighted by molar-refractivity contribution is 6.31. The molecule has 82 valence electrons. The van der Waals surface area contributed by atoms with E-state index in [0.717, 1.165) is 24.3 Å². The number of rotatable bonds is 2. The highest BCUT2D eigenvalue weighted by Gasteiger charge is 2.29. The first-order valence-electron chi connectivity index (χ1n) is 5.63. The molecule has 1 aromatic rings. The quantitative estimate of drug-likeness (QED) is 0.817. The fourth-order valence-electron chi connectivity index (χ4n) is 2.43. The summed E-state index contributed by atoms with van der Waals surface area (Å²) in [6.45, 7) is 2.06. The van der Waals surface area contributed by atoms with Gasteiger partial charge in [0.1, 0.15) is 0 Å². The molecule has 15 heavy (non-hydrogen) atoms. The normalized spacial score (nSPS) is 19.4. The van der Waals surface area contributed by atoms with Crippen molar-refractivity contribution < 1.29 is 0 Å². The summed E-state index contributed by atoms with van der Waals surface area (Å²) in [7, 11) is 0. The van der Waals surface area contributed by atoms with Crippen LogP contribution in [-0.4, -0.2) is 5.54 Å². The highest BCUT2D eigenvalue weighted by Crippen LogP contribution is 2.32. The molecule has 1 aliphatic rings. The Morgan fingerprint density at radius 1 is 1.33 bits per heavy atom. The highest BCUT2D eigenvalue weighted by atomic mass is 35.5. The lowest BCUT2D eigenvalue weighted by Gasteiger charge is -2.24. The predicted octanol–water partition coefficient (Wildman–Crippen LogP) is 3.46. The third-order valence-corrected chi connectivity index (χ3v) is 3.70. The van der Waals surface area contributed by atoms with E-state index < -0.39 is 0 Å². The maximum Gasteiger partial charge on any atom is 0.0441 e. The summed E-state index contributed by atoms with van der Waals surface area (Å²) >= 11 is 6.21. The van der Waals surface area contributed by atoms with Crippen molar-refractivity contribution in [2.75, 3.05) is 0 Å². The zero-order valence-electron chi connectivity index (χ0n) is 9.22. The minimum absolute atomic E-state index is 0.00109. The SMILES string of the molecule is Cc1ccc(CC2(N)CCCC2)c(Cl)c1. The molecule has 1 aromatic carbocycles. The Morgan fingerprint density at radius 2 is 2.00 bits per heavy atom. The van der Waals surface area contributed by atoms with Crippen molar-refractivity contribution >= 4 is 11.6 Å². The Morgan fingerprint density at radius 3 is 2.60 bits per heavy atom. The van der Waals surface area contributed by atoms with E-state index in [2.05, 4.69) is 19.1 Å². The summed E-state index contributed by atoms with van der Waals surface area (Å²) in [5, 5.41) is 0.867. The van der Waals surface area contributed by atoms with E-state index in [9.17, 15) is 0 Å². The number of benzene rings is 1. The Bertz CT molecular complexity index is 354. The second-order valence-corrected chi connectivity index (χ2v) is 5.25. The summed E-state index contributed by atoms with van der Waals surface area (Å²) in [5.41, 5.74) is 8.75. The third kappa shape index (κ3) is 2.53. The fourth-order valence-corrected chi connectivity index (χ4v) is 2.73. The molecule has 0 unspecified atom stereocenters. The fraction of sp³-hybridized carbons (Fsp3) is 0.538. The van der Waals surface area contributed by atoms with Gasteiger partial charge in [-0.05, 0) is 43.4 Å². The summed E-state index contributed by atoms with van der Waals surface area (Å²) in [6, 6.07) is 6.25. The van der Waals surface area contributed by atoms with Crippen molar-refractivity contribution in [2.24, 2.45) is 5.73 Å². The van der Waals surface area contributed by atoms with Crippen LogP contribution >= 0.6 is 11.6 Å². The summed E-state index contributed by atoms with van der Waals surface area (Å²) in [4.78, 5) is 0. The molecule has 1 nitrogen and oxygen atoms in total. The molecule has 0 atom stereocenters. The molecular formula is C13H18ClN. The molecule has 0 amide bonds. The van der Waals surface area contributed by atoms with Crippen molar-refractivity contribution in [1.82, 2.24) is 0 Å². The molecule has 1 aliphatic carbocycles. The maximum atomic E-state index is 6.34. The predicted molar refractivity (Wildman–Crippen MR) is 65.3 cm³/mol. The molecular weight excluding hydrogens is 206 g/mol. The largest absolute Gasteiger partial charge is 0.325 e. The van der Waals surface area contributed by atoms with Gasteiger partial charge in [0, 0.05) is 10.6 Å². The molecule has 0 spiro atoms. The number of hydrogen-bond donors (Lipinski definition) is 1. The molecule has 2 rings (SSSR count). The Hall–Kier alpha value is -0.530. The summed E-state index contributed by atoms with van der Waals surface area (Å²) < 4.78 is 0. The van der Waals surface area contributed by atoms with Crippen molar-refractivity contribution in [3.05, 3.63) is 34.3 Å². The molecule has 0 aromatic heterocycles. The molecule has 2 N–H and O–H groups in total. The van der Waals surface area contributed by atoms with E-state index >= 15 is 0 Å². The lowest BCUT2D eigenvalue weighted by atomic mass is 9.90. The van der Waals surface area contributed by atoms with Crippen LogP contribution in [0.15, 0.2) is 18.2 Å². The standard InChI is InChI=1S/C13H18ClN/c1-10-4-5-11(12(14)8-10)9-13(15)6-2-3-7-13/h4-5,8H,2-3,6-7,9,15H2,1H3. The number of hydrogen-bond acceptors (Lipinski definition) is 1. The van der Waals surface area contributed by atoms with Crippen molar-refractivity contribution in [2.45, 2.75) is 44.6 Å². The van der Waals surface area contributed by atoms with E-state index in [1.54, 1.807) is 0 Å². The first-order valence-corrected chi connectivity index (χ1v) is 6.01. The van der Waals surface area contributed by atoms with Crippen LogP contribution < -0.4 is 5.73 Å². The van der Waals surface area contributed by atoms with Crippen LogP contribution in [0.1, 0.15) is 36.8 Å². The molecule has 0 heterocycles. The zero-order chi connectivity index (χ0) is 10.9. The van der Waals surface area contributed by atoms with Gasteiger partial charge >= 0.3 is 0 Å². The zero-order valence-corrected chi connectivity index (χ0v) is 9.98. The Balaban J connectivity index is 2.16. The van der Waals surface area contributed by atoms with Gasteiger partial charge in [0.2, 0.25) is 0 Å². The average molecular weight is 224 g/mol. The van der Waals surface area contributed by atoms with Gasteiger partial charge in [-0.1, -0.05) is 36.6 Å². The van der Waals surface area contributed by atoms with Gasteiger partial charge in [0.25, 0.3) is 0 Å². The van der Waals surface area contributed by atoms with Crippen LogP contribution in [0.2, 0.25) is 5.02 Å². The van der Waals surface area contributed by atoms with Crippen LogP contribution in [0.5, 0.6) is 0 Å². The first-order chi connectivity index (χ1) is 7.09.